The van der Waals surface area contributed by atoms with Gasteiger partial charge in [-0.1, -0.05) is 60.8 Å². The van der Waals surface area contributed by atoms with Crippen LogP contribution < -0.4 is 5.73 Å². The minimum absolute atomic E-state index is 0.327. The van der Waals surface area contributed by atoms with Gasteiger partial charge in [-0.3, -0.25) is 4.90 Å². The van der Waals surface area contributed by atoms with Crippen molar-refractivity contribution in [3.63, 3.8) is 0 Å². The normalized spacial score (nSPS) is 12.9. The Kier molecular flexibility index (Phi) is 8.35. The van der Waals surface area contributed by atoms with Crippen molar-refractivity contribution >= 4 is 15.9 Å². The van der Waals surface area contributed by atoms with Crippen LogP contribution in [0.2, 0.25) is 0 Å². The molecule has 108 valence electrons. The molecule has 0 saturated carbocycles. The largest absolute Gasteiger partial charge is 0.329 e. The molecule has 0 aliphatic rings. The zero-order valence-electron chi connectivity index (χ0n) is 12.2. The Morgan fingerprint density at radius 2 is 1.68 bits per heavy atom. The highest BCUT2D eigenvalue weighted by molar-refractivity contribution is 9.10. The lowest BCUT2D eigenvalue weighted by molar-refractivity contribution is 0.195. The van der Waals surface area contributed by atoms with Gasteiger partial charge in [-0.25, -0.2) is 0 Å². The molecule has 0 radical (unpaired) electrons. The van der Waals surface area contributed by atoms with Gasteiger partial charge in [0.05, 0.1) is 0 Å². The molecule has 0 fully saturated rings. The lowest BCUT2D eigenvalue weighted by atomic mass is 10.0. The summed E-state index contributed by atoms with van der Waals surface area (Å²) in [6, 6.07) is 8.78. The second kappa shape index (κ2) is 9.51. The van der Waals surface area contributed by atoms with Crippen molar-refractivity contribution in [3.05, 3.63) is 34.3 Å². The maximum atomic E-state index is 6.06. The van der Waals surface area contributed by atoms with Crippen LogP contribution in [0.5, 0.6) is 0 Å². The van der Waals surface area contributed by atoms with Crippen LogP contribution in [-0.4, -0.2) is 24.5 Å². The molecule has 1 atom stereocenters. The van der Waals surface area contributed by atoms with Gasteiger partial charge in [0.2, 0.25) is 0 Å². The quantitative estimate of drug-likeness (QED) is 0.730. The highest BCUT2D eigenvalue weighted by Crippen LogP contribution is 2.27. The molecule has 1 aromatic rings. The van der Waals surface area contributed by atoms with Gasteiger partial charge in [0, 0.05) is 17.1 Å². The molecule has 2 N–H and O–H groups in total. The predicted octanol–water partition coefficient (Wildman–Crippen LogP) is 4.35. The van der Waals surface area contributed by atoms with E-state index in [0.717, 1.165) is 13.1 Å². The molecule has 0 aliphatic heterocycles. The smallest absolute Gasteiger partial charge is 0.0481 e. The monoisotopic (exact) mass is 326 g/mol. The average molecular weight is 327 g/mol. The Morgan fingerprint density at radius 1 is 1.11 bits per heavy atom. The minimum atomic E-state index is 0.327. The summed E-state index contributed by atoms with van der Waals surface area (Å²) >= 11 is 3.66. The predicted molar refractivity (Wildman–Crippen MR) is 87.3 cm³/mol. The van der Waals surface area contributed by atoms with Crippen molar-refractivity contribution in [2.45, 2.75) is 45.6 Å². The van der Waals surface area contributed by atoms with E-state index in [1.54, 1.807) is 0 Å². The molecule has 0 aromatic heterocycles. The Bertz CT molecular complexity index is 346. The summed E-state index contributed by atoms with van der Waals surface area (Å²) in [7, 11) is 0. The summed E-state index contributed by atoms with van der Waals surface area (Å²) in [6.45, 7) is 7.44. The maximum absolute atomic E-state index is 6.06. The van der Waals surface area contributed by atoms with E-state index in [9.17, 15) is 0 Å². The lowest BCUT2D eigenvalue weighted by Crippen LogP contribution is -2.35. The Labute approximate surface area is 126 Å². The van der Waals surface area contributed by atoms with Crippen molar-refractivity contribution in [1.82, 2.24) is 4.90 Å². The van der Waals surface area contributed by atoms with Crippen LogP contribution in [0, 0.1) is 0 Å². The first-order chi connectivity index (χ1) is 9.24. The van der Waals surface area contributed by atoms with E-state index in [1.807, 2.05) is 0 Å². The third-order valence-electron chi connectivity index (χ3n) is 3.53. The van der Waals surface area contributed by atoms with Crippen molar-refractivity contribution in [3.8, 4) is 0 Å². The molecule has 1 aromatic carbocycles. The van der Waals surface area contributed by atoms with E-state index in [-0.39, 0.29) is 0 Å². The van der Waals surface area contributed by atoms with E-state index in [0.29, 0.717) is 12.6 Å². The molecule has 1 rings (SSSR count). The minimum Gasteiger partial charge on any atom is -0.329 e. The summed E-state index contributed by atoms with van der Waals surface area (Å²) in [5, 5.41) is 0. The van der Waals surface area contributed by atoms with E-state index in [4.69, 9.17) is 5.73 Å². The van der Waals surface area contributed by atoms with Gasteiger partial charge in [0.1, 0.15) is 0 Å². The van der Waals surface area contributed by atoms with Gasteiger partial charge in [-0.05, 0) is 37.6 Å². The molecule has 0 amide bonds. The molecule has 0 spiro atoms. The molecule has 0 aliphatic carbocycles. The number of rotatable bonds is 9. The van der Waals surface area contributed by atoms with E-state index < -0.39 is 0 Å². The lowest BCUT2D eigenvalue weighted by Gasteiger charge is -2.32. The third kappa shape index (κ3) is 5.25. The van der Waals surface area contributed by atoms with E-state index >= 15 is 0 Å². The Balaban J connectivity index is 2.85. The zero-order valence-corrected chi connectivity index (χ0v) is 13.8. The molecule has 3 heteroatoms. The van der Waals surface area contributed by atoms with E-state index in [2.05, 4.69) is 58.9 Å². The van der Waals surface area contributed by atoms with Gasteiger partial charge in [0.25, 0.3) is 0 Å². The Morgan fingerprint density at radius 3 is 2.16 bits per heavy atom. The van der Waals surface area contributed by atoms with Crippen LogP contribution in [-0.2, 0) is 0 Å². The second-order valence-electron chi connectivity index (χ2n) is 5.02. The van der Waals surface area contributed by atoms with Crippen LogP contribution in [0.3, 0.4) is 0 Å². The number of hydrogen-bond donors (Lipinski definition) is 1. The summed E-state index contributed by atoms with van der Waals surface area (Å²) < 4.78 is 1.17. The first kappa shape index (κ1) is 16.7. The van der Waals surface area contributed by atoms with Crippen molar-refractivity contribution in [1.29, 1.82) is 0 Å². The van der Waals surface area contributed by atoms with Crippen molar-refractivity contribution < 1.29 is 0 Å². The number of benzene rings is 1. The molecule has 0 heterocycles. The van der Waals surface area contributed by atoms with Gasteiger partial charge in [-0.2, -0.15) is 0 Å². The van der Waals surface area contributed by atoms with Crippen LogP contribution in [0.4, 0.5) is 0 Å². The average Bonchev–Trinajstić information content (AvgIpc) is 2.43. The molecule has 0 bridgehead atoms. The van der Waals surface area contributed by atoms with Crippen LogP contribution in [0.15, 0.2) is 28.7 Å². The fraction of sp³-hybridized carbons (Fsp3) is 0.625. The number of halogens is 1. The van der Waals surface area contributed by atoms with Crippen molar-refractivity contribution in [2.24, 2.45) is 5.73 Å². The molecule has 0 saturated heterocycles. The molecular weight excluding hydrogens is 300 g/mol. The van der Waals surface area contributed by atoms with Crippen LogP contribution in [0.1, 0.15) is 51.1 Å². The molecular formula is C16H27BrN2. The summed E-state index contributed by atoms with van der Waals surface area (Å²) in [5.41, 5.74) is 7.37. The third-order valence-corrected chi connectivity index (χ3v) is 4.25. The number of hydrogen-bond acceptors (Lipinski definition) is 2. The Hall–Kier alpha value is -0.380. The highest BCUT2D eigenvalue weighted by atomic mass is 79.9. The van der Waals surface area contributed by atoms with Gasteiger partial charge < -0.3 is 5.73 Å². The molecule has 2 nitrogen and oxygen atoms in total. The van der Waals surface area contributed by atoms with Gasteiger partial charge in [-0.15, -0.1) is 0 Å². The summed E-state index contributed by atoms with van der Waals surface area (Å²) in [5.74, 6) is 0. The SMILES string of the molecule is CCCCN(CCCC)C(CN)c1ccccc1Br. The molecule has 1 unspecified atom stereocenters. The second-order valence-corrected chi connectivity index (χ2v) is 5.87. The molecule has 19 heavy (non-hydrogen) atoms. The number of nitrogens with zero attached hydrogens (tertiary/aromatic N) is 1. The highest BCUT2D eigenvalue weighted by Gasteiger charge is 2.19. The van der Waals surface area contributed by atoms with Crippen molar-refractivity contribution in [2.75, 3.05) is 19.6 Å². The number of nitrogens with two attached hydrogens (primary N) is 1. The topological polar surface area (TPSA) is 29.3 Å². The van der Waals surface area contributed by atoms with Crippen LogP contribution >= 0.6 is 15.9 Å². The van der Waals surface area contributed by atoms with Gasteiger partial charge >= 0.3 is 0 Å². The number of unbranched alkanes of at least 4 members (excludes halogenated alkanes) is 2. The first-order valence-corrected chi connectivity index (χ1v) is 8.22. The zero-order chi connectivity index (χ0) is 14.1. The van der Waals surface area contributed by atoms with Crippen LogP contribution in [0.25, 0.3) is 0 Å². The first-order valence-electron chi connectivity index (χ1n) is 7.43. The maximum Gasteiger partial charge on any atom is 0.0481 e. The fourth-order valence-electron chi connectivity index (χ4n) is 2.36. The summed E-state index contributed by atoms with van der Waals surface area (Å²) in [6.07, 6.45) is 4.95. The summed E-state index contributed by atoms with van der Waals surface area (Å²) in [4.78, 5) is 2.55. The standard InChI is InChI=1S/C16H27BrN2/c1-3-5-11-19(12-6-4-2)16(13-18)14-9-7-8-10-15(14)17/h7-10,16H,3-6,11-13,18H2,1-2H3. The fourth-order valence-corrected chi connectivity index (χ4v) is 2.91. The van der Waals surface area contributed by atoms with Gasteiger partial charge in [0.15, 0.2) is 0 Å². The van der Waals surface area contributed by atoms with E-state index in [1.165, 1.54) is 35.7 Å².